The van der Waals surface area contributed by atoms with Crippen LogP contribution < -0.4 is 0 Å². The molecule has 0 fully saturated rings. The Balaban J connectivity index is 1.25. The zero-order valence-corrected chi connectivity index (χ0v) is 27.4. The third-order valence-corrected chi connectivity index (χ3v) is 9.54. The molecule has 0 amide bonds. The van der Waals surface area contributed by atoms with Crippen LogP contribution in [0.15, 0.2) is 194 Å². The number of hydrogen-bond donors (Lipinski definition) is 0. The Morgan fingerprint density at radius 1 is 0.260 bits per heavy atom. The molecule has 0 unspecified atom stereocenters. The number of aromatic nitrogens is 2. The first-order valence-corrected chi connectivity index (χ1v) is 17.0. The third-order valence-electron chi connectivity index (χ3n) is 9.54. The van der Waals surface area contributed by atoms with Gasteiger partial charge in [0.25, 0.3) is 0 Å². The standard InChI is InChI=1S/C48H32N2/c1-3-10-38(11-4-1)47-31-44(32-48(50-47)39-12-5-2-6-13-39)43-28-41(34-17-15-33(16-18-34)35-23-25-49-26-24-35)27-42(29-43)40-22-21-37-20-19-36-9-7-8-14-45(36)46(37)30-40/h1-32H. The Morgan fingerprint density at radius 3 is 1.34 bits per heavy atom. The lowest BCUT2D eigenvalue weighted by atomic mass is 9.90. The Bertz CT molecular complexity index is 2550. The van der Waals surface area contributed by atoms with Crippen LogP contribution in [0.2, 0.25) is 0 Å². The maximum absolute atomic E-state index is 5.16. The molecule has 2 nitrogen and oxygen atoms in total. The maximum atomic E-state index is 5.16. The molecule has 0 spiro atoms. The van der Waals surface area contributed by atoms with Gasteiger partial charge in [-0.1, -0.05) is 133 Å². The predicted molar refractivity (Wildman–Crippen MR) is 210 cm³/mol. The quantitative estimate of drug-likeness (QED) is 0.170. The molecule has 0 N–H and O–H groups in total. The highest BCUT2D eigenvalue weighted by Gasteiger charge is 2.13. The third kappa shape index (κ3) is 5.74. The monoisotopic (exact) mass is 636 g/mol. The molecule has 234 valence electrons. The van der Waals surface area contributed by atoms with Crippen LogP contribution in [0, 0.1) is 0 Å². The van der Waals surface area contributed by atoms with Crippen LogP contribution in [0.5, 0.6) is 0 Å². The lowest BCUT2D eigenvalue weighted by Crippen LogP contribution is -1.92. The molecule has 0 bridgehead atoms. The minimum absolute atomic E-state index is 0.952. The zero-order valence-electron chi connectivity index (χ0n) is 27.4. The number of fused-ring (bicyclic) bond motifs is 3. The van der Waals surface area contributed by atoms with E-state index in [1.54, 1.807) is 0 Å². The Morgan fingerprint density at radius 2 is 0.700 bits per heavy atom. The number of benzene rings is 7. The zero-order chi connectivity index (χ0) is 33.3. The fraction of sp³-hybridized carbons (Fsp3) is 0. The lowest BCUT2D eigenvalue weighted by molar-refractivity contribution is 1.32. The highest BCUT2D eigenvalue weighted by Crippen LogP contribution is 2.38. The first-order chi connectivity index (χ1) is 24.7. The van der Waals surface area contributed by atoms with Gasteiger partial charge in [-0.3, -0.25) is 4.98 Å². The van der Waals surface area contributed by atoms with Gasteiger partial charge in [0.2, 0.25) is 0 Å². The van der Waals surface area contributed by atoms with Crippen molar-refractivity contribution in [3.63, 3.8) is 0 Å². The van der Waals surface area contributed by atoms with E-state index in [-0.39, 0.29) is 0 Å². The van der Waals surface area contributed by atoms with Gasteiger partial charge in [-0.2, -0.15) is 0 Å². The van der Waals surface area contributed by atoms with Gasteiger partial charge in [0.15, 0.2) is 0 Å². The lowest BCUT2D eigenvalue weighted by Gasteiger charge is -2.15. The van der Waals surface area contributed by atoms with E-state index in [1.807, 2.05) is 24.5 Å². The topological polar surface area (TPSA) is 25.8 Å². The second kappa shape index (κ2) is 12.8. The maximum Gasteiger partial charge on any atom is 0.0715 e. The summed E-state index contributed by atoms with van der Waals surface area (Å²) in [7, 11) is 0. The van der Waals surface area contributed by atoms with Crippen molar-refractivity contribution in [2.45, 2.75) is 0 Å². The van der Waals surface area contributed by atoms with Crippen LogP contribution in [0.3, 0.4) is 0 Å². The first kappa shape index (κ1) is 29.5. The SMILES string of the molecule is c1ccc(-c2cc(-c3cc(-c4ccc(-c5ccncc5)cc4)cc(-c4ccc5ccc6ccccc6c5c4)c3)cc(-c3ccccc3)n2)cc1. The molecular weight excluding hydrogens is 605 g/mol. The van der Waals surface area contributed by atoms with E-state index in [0.717, 1.165) is 50.3 Å². The van der Waals surface area contributed by atoms with E-state index < -0.39 is 0 Å². The average molecular weight is 637 g/mol. The molecule has 50 heavy (non-hydrogen) atoms. The molecule has 9 rings (SSSR count). The van der Waals surface area contributed by atoms with E-state index in [2.05, 4.69) is 175 Å². The minimum atomic E-state index is 0.952. The summed E-state index contributed by atoms with van der Waals surface area (Å²) in [6.07, 6.45) is 3.68. The van der Waals surface area contributed by atoms with Crippen molar-refractivity contribution in [3.05, 3.63) is 194 Å². The summed E-state index contributed by atoms with van der Waals surface area (Å²) in [6, 6.07) is 65.2. The molecule has 2 aromatic heterocycles. The van der Waals surface area contributed by atoms with Crippen LogP contribution >= 0.6 is 0 Å². The number of nitrogens with zero attached hydrogens (tertiary/aromatic N) is 2. The fourth-order valence-corrected chi connectivity index (χ4v) is 6.92. The fourth-order valence-electron chi connectivity index (χ4n) is 6.92. The number of hydrogen-bond acceptors (Lipinski definition) is 2. The molecule has 7 aromatic carbocycles. The van der Waals surface area contributed by atoms with Crippen molar-refractivity contribution < 1.29 is 0 Å². The van der Waals surface area contributed by atoms with Crippen LogP contribution in [0.25, 0.3) is 88.6 Å². The minimum Gasteiger partial charge on any atom is -0.265 e. The summed E-state index contributed by atoms with van der Waals surface area (Å²) in [5, 5.41) is 5.02. The van der Waals surface area contributed by atoms with Crippen molar-refractivity contribution in [1.29, 1.82) is 0 Å². The summed E-state index contributed by atoms with van der Waals surface area (Å²) in [4.78, 5) is 9.35. The van der Waals surface area contributed by atoms with Crippen molar-refractivity contribution in [1.82, 2.24) is 9.97 Å². The first-order valence-electron chi connectivity index (χ1n) is 17.0. The van der Waals surface area contributed by atoms with Crippen LogP contribution in [0.1, 0.15) is 0 Å². The molecule has 0 aliphatic heterocycles. The highest BCUT2D eigenvalue weighted by atomic mass is 14.7. The van der Waals surface area contributed by atoms with Gasteiger partial charge in [0, 0.05) is 23.5 Å². The van der Waals surface area contributed by atoms with Gasteiger partial charge in [-0.25, -0.2) is 4.98 Å². The van der Waals surface area contributed by atoms with E-state index in [1.165, 1.54) is 38.2 Å². The molecule has 2 heterocycles. The molecule has 0 aliphatic carbocycles. The van der Waals surface area contributed by atoms with Crippen LogP contribution in [-0.4, -0.2) is 9.97 Å². The second-order valence-electron chi connectivity index (χ2n) is 12.7. The molecule has 0 saturated heterocycles. The normalized spacial score (nSPS) is 11.2. The van der Waals surface area contributed by atoms with E-state index in [0.29, 0.717) is 0 Å². The number of rotatable bonds is 6. The second-order valence-corrected chi connectivity index (χ2v) is 12.7. The molecule has 0 aliphatic rings. The van der Waals surface area contributed by atoms with Gasteiger partial charge >= 0.3 is 0 Å². The molecule has 0 radical (unpaired) electrons. The molecule has 0 saturated carbocycles. The van der Waals surface area contributed by atoms with Crippen LogP contribution in [0.4, 0.5) is 0 Å². The summed E-state index contributed by atoms with van der Waals surface area (Å²) in [5.74, 6) is 0. The molecule has 0 atom stereocenters. The van der Waals surface area contributed by atoms with Crippen molar-refractivity contribution in [2.75, 3.05) is 0 Å². The van der Waals surface area contributed by atoms with E-state index >= 15 is 0 Å². The Kier molecular flexibility index (Phi) is 7.53. The van der Waals surface area contributed by atoms with Gasteiger partial charge in [0.1, 0.15) is 0 Å². The number of pyridine rings is 2. The summed E-state index contributed by atoms with van der Waals surface area (Å²) in [6.45, 7) is 0. The van der Waals surface area contributed by atoms with E-state index in [9.17, 15) is 0 Å². The predicted octanol–water partition coefficient (Wildman–Crippen LogP) is 12.8. The smallest absolute Gasteiger partial charge is 0.0715 e. The molecular formula is C48H32N2. The summed E-state index contributed by atoms with van der Waals surface area (Å²) >= 11 is 0. The van der Waals surface area contributed by atoms with Crippen molar-refractivity contribution in [2.24, 2.45) is 0 Å². The van der Waals surface area contributed by atoms with Crippen molar-refractivity contribution >= 4 is 21.5 Å². The van der Waals surface area contributed by atoms with E-state index in [4.69, 9.17) is 4.98 Å². The van der Waals surface area contributed by atoms with Crippen LogP contribution in [-0.2, 0) is 0 Å². The van der Waals surface area contributed by atoms with Gasteiger partial charge in [0.05, 0.1) is 11.4 Å². The Labute approximate surface area is 292 Å². The van der Waals surface area contributed by atoms with Gasteiger partial charge in [-0.05, 0) is 115 Å². The summed E-state index contributed by atoms with van der Waals surface area (Å²) < 4.78 is 0. The largest absolute Gasteiger partial charge is 0.265 e. The van der Waals surface area contributed by atoms with Gasteiger partial charge in [-0.15, -0.1) is 0 Å². The average Bonchev–Trinajstić information content (AvgIpc) is 3.21. The molecule has 9 aromatic rings. The summed E-state index contributed by atoms with van der Waals surface area (Å²) in [5.41, 5.74) is 13.4. The van der Waals surface area contributed by atoms with Gasteiger partial charge < -0.3 is 0 Å². The molecule has 2 heteroatoms. The van der Waals surface area contributed by atoms with Crippen molar-refractivity contribution in [3.8, 4) is 67.0 Å². The highest BCUT2D eigenvalue weighted by molar-refractivity contribution is 6.08. The Hall–Kier alpha value is -6.64.